The summed E-state index contributed by atoms with van der Waals surface area (Å²) < 4.78 is 2.01. The molecule has 2 N–H and O–H groups in total. The molecule has 3 heterocycles. The summed E-state index contributed by atoms with van der Waals surface area (Å²) in [4.78, 5) is 4.28. The molecule has 2 aromatic heterocycles. The Morgan fingerprint density at radius 3 is 3.06 bits per heavy atom. The second-order valence-electron chi connectivity index (χ2n) is 3.98. The Hall–Kier alpha value is -1.75. The quantitative estimate of drug-likeness (QED) is 0.774. The zero-order chi connectivity index (χ0) is 11.0. The van der Waals surface area contributed by atoms with Crippen molar-refractivity contribution in [2.45, 2.75) is 25.4 Å². The van der Waals surface area contributed by atoms with E-state index in [2.05, 4.69) is 15.2 Å². The average Bonchev–Trinajstić information content (AvgIpc) is 2.75. The number of hydrogen-bond acceptors (Lipinski definition) is 4. The van der Waals surface area contributed by atoms with Crippen molar-refractivity contribution in [1.29, 1.82) is 0 Å². The highest BCUT2D eigenvalue weighted by molar-refractivity contribution is 5.49. The minimum atomic E-state index is -0.0178. The molecule has 0 saturated heterocycles. The van der Waals surface area contributed by atoms with Gasteiger partial charge in [-0.25, -0.2) is 0 Å². The summed E-state index contributed by atoms with van der Waals surface area (Å²) in [7, 11) is 0. The maximum atomic E-state index is 6.08. The summed E-state index contributed by atoms with van der Waals surface area (Å²) in [5, 5.41) is 8.37. The van der Waals surface area contributed by atoms with Crippen molar-refractivity contribution < 1.29 is 0 Å². The molecular formula is C11H13N5. The number of aryl methyl sites for hydroxylation is 1. The van der Waals surface area contributed by atoms with Crippen LogP contribution < -0.4 is 5.73 Å². The van der Waals surface area contributed by atoms with Gasteiger partial charge in [-0.1, -0.05) is 6.07 Å². The Kier molecular flexibility index (Phi) is 2.18. The molecular weight excluding hydrogens is 202 g/mol. The molecule has 3 rings (SSSR count). The van der Waals surface area contributed by atoms with Crippen LogP contribution >= 0.6 is 0 Å². The number of rotatable bonds is 1. The van der Waals surface area contributed by atoms with E-state index in [1.165, 1.54) is 0 Å². The molecule has 16 heavy (non-hydrogen) atoms. The van der Waals surface area contributed by atoms with Gasteiger partial charge in [0.1, 0.15) is 11.5 Å². The molecule has 0 bridgehead atoms. The SMILES string of the molecule is NC1CCCc2nnc(-c3ccccn3)n21. The van der Waals surface area contributed by atoms with Crippen molar-refractivity contribution in [1.82, 2.24) is 19.7 Å². The van der Waals surface area contributed by atoms with Crippen LogP contribution in [0.25, 0.3) is 11.5 Å². The molecule has 0 amide bonds. The minimum Gasteiger partial charge on any atom is -0.311 e. The Morgan fingerprint density at radius 2 is 2.25 bits per heavy atom. The van der Waals surface area contributed by atoms with Crippen molar-refractivity contribution in [3.63, 3.8) is 0 Å². The van der Waals surface area contributed by atoms with Crippen LogP contribution in [0.4, 0.5) is 0 Å². The highest BCUT2D eigenvalue weighted by atomic mass is 15.3. The maximum Gasteiger partial charge on any atom is 0.183 e. The number of nitrogens with two attached hydrogens (primary N) is 1. The fourth-order valence-corrected chi connectivity index (χ4v) is 2.11. The van der Waals surface area contributed by atoms with Crippen LogP contribution in [-0.2, 0) is 6.42 Å². The number of nitrogens with zero attached hydrogens (tertiary/aromatic N) is 4. The maximum absolute atomic E-state index is 6.08. The first kappa shape index (κ1) is 9.47. The van der Waals surface area contributed by atoms with E-state index in [1.807, 2.05) is 22.8 Å². The lowest BCUT2D eigenvalue weighted by Gasteiger charge is -2.21. The molecule has 5 nitrogen and oxygen atoms in total. The lowest BCUT2D eigenvalue weighted by atomic mass is 10.1. The lowest BCUT2D eigenvalue weighted by molar-refractivity contribution is 0.411. The van der Waals surface area contributed by atoms with Crippen molar-refractivity contribution in [3.05, 3.63) is 30.2 Å². The van der Waals surface area contributed by atoms with Crippen molar-refractivity contribution in [3.8, 4) is 11.5 Å². The number of fused-ring (bicyclic) bond motifs is 1. The molecule has 0 spiro atoms. The van der Waals surface area contributed by atoms with Gasteiger partial charge < -0.3 is 5.73 Å². The molecule has 5 heteroatoms. The average molecular weight is 215 g/mol. The largest absolute Gasteiger partial charge is 0.311 e. The molecule has 1 aliphatic rings. The van der Waals surface area contributed by atoms with E-state index in [0.717, 1.165) is 36.6 Å². The van der Waals surface area contributed by atoms with Gasteiger partial charge in [0.05, 0.1) is 6.17 Å². The van der Waals surface area contributed by atoms with E-state index < -0.39 is 0 Å². The third-order valence-electron chi connectivity index (χ3n) is 2.89. The third-order valence-corrected chi connectivity index (χ3v) is 2.89. The standard InChI is InChI=1S/C11H13N5/c12-9-5-3-6-10-14-15-11(16(9)10)8-4-1-2-7-13-8/h1-2,4,7,9H,3,5-6,12H2. The van der Waals surface area contributed by atoms with Crippen molar-refractivity contribution in [2.75, 3.05) is 0 Å². The Bertz CT molecular complexity index is 490. The molecule has 0 aromatic carbocycles. The van der Waals surface area contributed by atoms with Crippen LogP contribution in [0.3, 0.4) is 0 Å². The van der Waals surface area contributed by atoms with E-state index in [4.69, 9.17) is 5.73 Å². The van der Waals surface area contributed by atoms with Gasteiger partial charge in [0.2, 0.25) is 0 Å². The monoisotopic (exact) mass is 215 g/mol. The summed E-state index contributed by atoms with van der Waals surface area (Å²) in [5.74, 6) is 1.75. The zero-order valence-electron chi connectivity index (χ0n) is 8.87. The fourth-order valence-electron chi connectivity index (χ4n) is 2.11. The molecule has 1 aliphatic heterocycles. The van der Waals surface area contributed by atoms with Gasteiger partial charge in [-0.2, -0.15) is 0 Å². The van der Waals surface area contributed by atoms with Gasteiger partial charge in [0, 0.05) is 12.6 Å². The first-order chi connectivity index (χ1) is 7.86. The van der Waals surface area contributed by atoms with E-state index in [-0.39, 0.29) is 6.17 Å². The zero-order valence-corrected chi connectivity index (χ0v) is 8.87. The van der Waals surface area contributed by atoms with Gasteiger partial charge in [0.15, 0.2) is 5.82 Å². The second kappa shape index (κ2) is 3.68. The molecule has 0 radical (unpaired) electrons. The fraction of sp³-hybridized carbons (Fsp3) is 0.364. The van der Waals surface area contributed by atoms with E-state index in [0.29, 0.717) is 0 Å². The van der Waals surface area contributed by atoms with Gasteiger partial charge >= 0.3 is 0 Å². The van der Waals surface area contributed by atoms with E-state index >= 15 is 0 Å². The van der Waals surface area contributed by atoms with Crippen LogP contribution in [0.5, 0.6) is 0 Å². The van der Waals surface area contributed by atoms with Crippen LogP contribution in [-0.4, -0.2) is 19.7 Å². The van der Waals surface area contributed by atoms with Crippen LogP contribution in [0.1, 0.15) is 24.8 Å². The first-order valence-corrected chi connectivity index (χ1v) is 5.47. The van der Waals surface area contributed by atoms with Gasteiger partial charge in [-0.3, -0.25) is 9.55 Å². The Labute approximate surface area is 93.3 Å². The van der Waals surface area contributed by atoms with Gasteiger partial charge in [-0.05, 0) is 25.0 Å². The molecule has 0 fully saturated rings. The first-order valence-electron chi connectivity index (χ1n) is 5.47. The summed E-state index contributed by atoms with van der Waals surface area (Å²) in [6.45, 7) is 0. The molecule has 0 aliphatic carbocycles. The summed E-state index contributed by atoms with van der Waals surface area (Å²) in [6, 6.07) is 5.76. The second-order valence-corrected chi connectivity index (χ2v) is 3.98. The van der Waals surface area contributed by atoms with Crippen LogP contribution in [0.2, 0.25) is 0 Å². The summed E-state index contributed by atoms with van der Waals surface area (Å²) >= 11 is 0. The van der Waals surface area contributed by atoms with Gasteiger partial charge in [0.25, 0.3) is 0 Å². The summed E-state index contributed by atoms with van der Waals surface area (Å²) in [5.41, 5.74) is 6.92. The normalized spacial score (nSPS) is 19.4. The van der Waals surface area contributed by atoms with E-state index in [9.17, 15) is 0 Å². The number of hydrogen-bond donors (Lipinski definition) is 1. The predicted molar refractivity (Wildman–Crippen MR) is 59.4 cm³/mol. The molecule has 1 atom stereocenters. The predicted octanol–water partition coefficient (Wildman–Crippen LogP) is 1.13. The highest BCUT2D eigenvalue weighted by Crippen LogP contribution is 2.25. The molecule has 82 valence electrons. The van der Waals surface area contributed by atoms with Crippen LogP contribution in [0.15, 0.2) is 24.4 Å². The molecule has 0 saturated carbocycles. The summed E-state index contributed by atoms with van der Waals surface area (Å²) in [6.07, 6.45) is 4.75. The number of aromatic nitrogens is 4. The molecule has 1 unspecified atom stereocenters. The van der Waals surface area contributed by atoms with E-state index in [1.54, 1.807) is 6.20 Å². The highest BCUT2D eigenvalue weighted by Gasteiger charge is 2.22. The Balaban J connectivity index is 2.13. The van der Waals surface area contributed by atoms with Gasteiger partial charge in [-0.15, -0.1) is 10.2 Å². The van der Waals surface area contributed by atoms with Crippen LogP contribution in [0, 0.1) is 0 Å². The molecule has 2 aromatic rings. The van der Waals surface area contributed by atoms with Crippen molar-refractivity contribution >= 4 is 0 Å². The Morgan fingerprint density at radius 1 is 1.31 bits per heavy atom. The smallest absolute Gasteiger partial charge is 0.183 e. The minimum absolute atomic E-state index is 0.0178. The number of pyridine rings is 1. The van der Waals surface area contributed by atoms with Crippen molar-refractivity contribution in [2.24, 2.45) is 5.73 Å². The third kappa shape index (κ3) is 1.40. The lowest BCUT2D eigenvalue weighted by Crippen LogP contribution is -2.25. The topological polar surface area (TPSA) is 69.6 Å².